The highest BCUT2D eigenvalue weighted by molar-refractivity contribution is 5.90. The van der Waals surface area contributed by atoms with Gasteiger partial charge >= 0.3 is 11.9 Å². The number of rotatable bonds is 15. The summed E-state index contributed by atoms with van der Waals surface area (Å²) in [5.74, 6) is -0.0388. The van der Waals surface area contributed by atoms with E-state index in [-0.39, 0.29) is 12.8 Å². The van der Waals surface area contributed by atoms with Gasteiger partial charge in [-0.3, -0.25) is 9.59 Å². The first-order valence-electron chi connectivity index (χ1n) is 12.9. The second kappa shape index (κ2) is 13.3. The predicted octanol–water partition coefficient (Wildman–Crippen LogP) is 5.77. The second-order valence-corrected chi connectivity index (χ2v) is 9.23. The molecule has 0 radical (unpaired) electrons. The Morgan fingerprint density at radius 3 is 2.11 bits per heavy atom. The van der Waals surface area contributed by atoms with E-state index >= 15 is 0 Å². The molecule has 0 spiro atoms. The fourth-order valence-corrected chi connectivity index (χ4v) is 4.60. The summed E-state index contributed by atoms with van der Waals surface area (Å²) in [7, 11) is 0. The first kappa shape index (κ1) is 26.8. The van der Waals surface area contributed by atoms with Crippen molar-refractivity contribution in [3.63, 3.8) is 0 Å². The number of carbonyl (C=O) groups is 2. The van der Waals surface area contributed by atoms with Crippen LogP contribution in [0.3, 0.4) is 0 Å². The molecule has 7 nitrogen and oxygen atoms in total. The van der Waals surface area contributed by atoms with Gasteiger partial charge in [0.2, 0.25) is 0 Å². The highest BCUT2D eigenvalue weighted by atomic mass is 16.5. The number of hydrogen-bond acceptors (Lipinski definition) is 4. The molecular formula is C31H33NO6. The summed E-state index contributed by atoms with van der Waals surface area (Å²) < 4.78 is 13.5. The van der Waals surface area contributed by atoms with Crippen LogP contribution in [0.5, 0.6) is 11.5 Å². The second-order valence-electron chi connectivity index (χ2n) is 9.23. The van der Waals surface area contributed by atoms with E-state index in [0.717, 1.165) is 52.8 Å². The maximum atomic E-state index is 11.5. The molecule has 3 aromatic carbocycles. The summed E-state index contributed by atoms with van der Waals surface area (Å²) in [6, 6.07) is 23.8. The summed E-state index contributed by atoms with van der Waals surface area (Å²) in [5, 5.41) is 19.4. The molecule has 1 heterocycles. The van der Waals surface area contributed by atoms with Crippen LogP contribution in [0.4, 0.5) is 0 Å². The van der Waals surface area contributed by atoms with Crippen LogP contribution in [0.1, 0.15) is 36.0 Å². The third-order valence-corrected chi connectivity index (χ3v) is 6.38. The molecule has 0 atom stereocenters. The molecule has 198 valence electrons. The van der Waals surface area contributed by atoms with E-state index in [1.807, 2.05) is 71.4 Å². The zero-order valence-corrected chi connectivity index (χ0v) is 21.3. The monoisotopic (exact) mass is 515 g/mol. The lowest BCUT2D eigenvalue weighted by molar-refractivity contribution is -0.137. The normalized spacial score (nSPS) is 10.9. The van der Waals surface area contributed by atoms with Gasteiger partial charge in [-0.1, -0.05) is 42.5 Å². The number of ether oxygens (including phenoxy) is 2. The smallest absolute Gasteiger partial charge is 0.307 e. The number of fused-ring (bicyclic) bond motifs is 1. The number of aryl methyl sites for hydroxylation is 3. The molecule has 0 unspecified atom stereocenters. The molecule has 7 heteroatoms. The van der Waals surface area contributed by atoms with Crippen LogP contribution < -0.4 is 9.47 Å². The molecule has 0 aliphatic rings. The first-order valence-corrected chi connectivity index (χ1v) is 12.9. The molecule has 4 rings (SSSR count). The van der Waals surface area contributed by atoms with Gasteiger partial charge in [0.25, 0.3) is 0 Å². The van der Waals surface area contributed by atoms with Gasteiger partial charge in [0, 0.05) is 36.5 Å². The molecule has 0 saturated carbocycles. The third-order valence-electron chi connectivity index (χ3n) is 6.38. The summed E-state index contributed by atoms with van der Waals surface area (Å²) in [5.41, 5.74) is 3.97. The van der Waals surface area contributed by atoms with Crippen molar-refractivity contribution in [1.29, 1.82) is 0 Å². The zero-order valence-electron chi connectivity index (χ0n) is 21.3. The Morgan fingerprint density at radius 2 is 1.42 bits per heavy atom. The van der Waals surface area contributed by atoms with Gasteiger partial charge in [-0.05, 0) is 66.3 Å². The summed E-state index contributed by atoms with van der Waals surface area (Å²) >= 11 is 0. The largest absolute Gasteiger partial charge is 0.493 e. The van der Waals surface area contributed by atoms with Crippen molar-refractivity contribution in [2.24, 2.45) is 0 Å². The SMILES string of the molecule is O=C(O)CCCn1cc(CC(=O)O)c2c(CCc3ccc(OCCCOc4ccccc4)cc3)cccc21. The predicted molar refractivity (Wildman–Crippen MR) is 146 cm³/mol. The molecule has 1 aromatic heterocycles. The number of nitrogens with zero attached hydrogens (tertiary/aromatic N) is 1. The van der Waals surface area contributed by atoms with Gasteiger partial charge in [-0.15, -0.1) is 0 Å². The van der Waals surface area contributed by atoms with Gasteiger partial charge in [-0.25, -0.2) is 0 Å². The van der Waals surface area contributed by atoms with E-state index in [1.54, 1.807) is 0 Å². The van der Waals surface area contributed by atoms with Crippen LogP contribution >= 0.6 is 0 Å². The van der Waals surface area contributed by atoms with Crippen molar-refractivity contribution in [3.8, 4) is 11.5 Å². The Bertz CT molecular complexity index is 1340. The van der Waals surface area contributed by atoms with E-state index in [4.69, 9.17) is 14.6 Å². The lowest BCUT2D eigenvalue weighted by atomic mass is 9.98. The quantitative estimate of drug-likeness (QED) is 0.195. The molecule has 0 amide bonds. The van der Waals surface area contributed by atoms with Crippen LogP contribution in [0.2, 0.25) is 0 Å². The summed E-state index contributed by atoms with van der Waals surface area (Å²) in [4.78, 5) is 22.4. The van der Waals surface area contributed by atoms with E-state index < -0.39 is 11.9 Å². The third kappa shape index (κ3) is 7.62. The van der Waals surface area contributed by atoms with Crippen molar-refractivity contribution < 1.29 is 29.3 Å². The zero-order chi connectivity index (χ0) is 26.7. The van der Waals surface area contributed by atoms with Crippen LogP contribution in [-0.2, 0) is 35.4 Å². The Morgan fingerprint density at radius 1 is 0.711 bits per heavy atom. The first-order chi connectivity index (χ1) is 18.5. The number of aliphatic carboxylic acids is 2. The van der Waals surface area contributed by atoms with Gasteiger partial charge in [0.15, 0.2) is 0 Å². The number of carboxylic acids is 2. The lowest BCUT2D eigenvalue weighted by Gasteiger charge is -2.10. The van der Waals surface area contributed by atoms with Crippen molar-refractivity contribution in [1.82, 2.24) is 4.57 Å². The number of aromatic nitrogens is 1. The van der Waals surface area contributed by atoms with Crippen molar-refractivity contribution in [2.45, 2.75) is 45.1 Å². The summed E-state index contributed by atoms with van der Waals surface area (Å²) in [6.07, 6.45) is 4.72. The topological polar surface area (TPSA) is 98.0 Å². The minimum Gasteiger partial charge on any atom is -0.493 e. The highest BCUT2D eigenvalue weighted by Gasteiger charge is 2.15. The van der Waals surface area contributed by atoms with E-state index in [2.05, 4.69) is 12.1 Å². The molecule has 0 aliphatic heterocycles. The number of hydrogen-bond donors (Lipinski definition) is 2. The van der Waals surface area contributed by atoms with Crippen molar-refractivity contribution >= 4 is 22.8 Å². The molecular weight excluding hydrogens is 482 g/mol. The minimum atomic E-state index is -0.883. The van der Waals surface area contributed by atoms with E-state index in [1.165, 1.54) is 5.56 Å². The molecule has 4 aromatic rings. The summed E-state index contributed by atoms with van der Waals surface area (Å²) in [6.45, 7) is 1.70. The van der Waals surface area contributed by atoms with Gasteiger partial charge in [0.05, 0.1) is 19.6 Å². The van der Waals surface area contributed by atoms with Crippen LogP contribution in [-0.4, -0.2) is 39.9 Å². The standard InChI is InChI=1S/C31H33NO6/c33-29(34)11-5-18-32-22-25(21-30(35)36)31-24(7-4-10-28(31)32)15-12-23-13-16-27(17-14-23)38-20-6-19-37-26-8-2-1-3-9-26/h1-4,7-10,13-14,16-17,22H,5-6,11-12,15,18-21H2,(H,33,34)(H,35,36). The number of carboxylic acid groups (broad SMARTS) is 2. The molecule has 0 saturated heterocycles. The van der Waals surface area contributed by atoms with Gasteiger partial charge in [-0.2, -0.15) is 0 Å². The molecule has 0 fully saturated rings. The van der Waals surface area contributed by atoms with Crippen molar-refractivity contribution in [3.05, 3.63) is 95.7 Å². The average molecular weight is 516 g/mol. The van der Waals surface area contributed by atoms with E-state index in [0.29, 0.717) is 26.2 Å². The van der Waals surface area contributed by atoms with Gasteiger partial charge in [0.1, 0.15) is 11.5 Å². The Kier molecular flexibility index (Phi) is 9.40. The fraction of sp³-hybridized carbons (Fsp3) is 0.290. The number of benzene rings is 3. The van der Waals surface area contributed by atoms with E-state index in [9.17, 15) is 14.7 Å². The maximum Gasteiger partial charge on any atom is 0.307 e. The van der Waals surface area contributed by atoms with Gasteiger partial charge < -0.3 is 24.3 Å². The fourth-order valence-electron chi connectivity index (χ4n) is 4.60. The molecule has 0 bridgehead atoms. The molecule has 0 aliphatic carbocycles. The van der Waals surface area contributed by atoms with Crippen LogP contribution in [0.25, 0.3) is 10.9 Å². The Balaban J connectivity index is 1.34. The average Bonchev–Trinajstić information content (AvgIpc) is 3.25. The molecule has 2 N–H and O–H groups in total. The van der Waals surface area contributed by atoms with Crippen LogP contribution in [0.15, 0.2) is 79.0 Å². The van der Waals surface area contributed by atoms with Crippen molar-refractivity contribution in [2.75, 3.05) is 13.2 Å². The Hall–Kier alpha value is -4.26. The lowest BCUT2D eigenvalue weighted by Crippen LogP contribution is -2.05. The minimum absolute atomic E-state index is 0.0676. The number of para-hydroxylation sites is 1. The highest BCUT2D eigenvalue weighted by Crippen LogP contribution is 2.28. The molecule has 38 heavy (non-hydrogen) atoms. The maximum absolute atomic E-state index is 11.5. The van der Waals surface area contributed by atoms with Crippen LogP contribution in [0, 0.1) is 0 Å². The Labute approximate surface area is 222 Å².